The molecule has 23 heavy (non-hydrogen) atoms. The molecule has 0 spiro atoms. The maximum absolute atomic E-state index is 12.4. The molecule has 3 nitrogen and oxygen atoms in total. The van der Waals surface area contributed by atoms with Gasteiger partial charge >= 0.3 is 0 Å². The van der Waals surface area contributed by atoms with Gasteiger partial charge in [0, 0.05) is 41.0 Å². The number of hydrogen-bond acceptors (Lipinski definition) is 2. The number of hydrogen-bond donors (Lipinski definition) is 2. The fraction of sp³-hybridized carbons (Fsp3) is 0.550. The summed E-state index contributed by atoms with van der Waals surface area (Å²) in [7, 11) is 0. The van der Waals surface area contributed by atoms with Crippen LogP contribution in [-0.2, 0) is 11.2 Å². The Morgan fingerprint density at radius 3 is 2.87 bits per heavy atom. The van der Waals surface area contributed by atoms with Crippen molar-refractivity contribution in [2.45, 2.75) is 51.6 Å². The molecule has 1 aliphatic heterocycles. The number of benzene rings is 1. The maximum Gasteiger partial charge on any atom is 0.136 e. The van der Waals surface area contributed by atoms with E-state index >= 15 is 0 Å². The van der Waals surface area contributed by atoms with Crippen LogP contribution >= 0.6 is 0 Å². The molecule has 2 aromatic rings. The molecular formula is C20H26N2O. The van der Waals surface area contributed by atoms with Gasteiger partial charge in [0.1, 0.15) is 5.78 Å². The lowest BCUT2D eigenvalue weighted by Crippen LogP contribution is -2.63. The summed E-state index contributed by atoms with van der Waals surface area (Å²) >= 11 is 0. The molecule has 3 heteroatoms. The van der Waals surface area contributed by atoms with Crippen LogP contribution in [0.4, 0.5) is 0 Å². The van der Waals surface area contributed by atoms with Crippen molar-refractivity contribution in [3.05, 3.63) is 36.0 Å². The van der Waals surface area contributed by atoms with E-state index in [0.717, 1.165) is 12.8 Å². The Hall–Kier alpha value is -1.61. The highest BCUT2D eigenvalue weighted by Crippen LogP contribution is 2.44. The van der Waals surface area contributed by atoms with Crippen molar-refractivity contribution in [1.29, 1.82) is 0 Å². The number of fused-ring (bicyclic) bond motifs is 3. The molecule has 0 amide bonds. The van der Waals surface area contributed by atoms with Crippen LogP contribution < -0.4 is 5.32 Å². The van der Waals surface area contributed by atoms with Crippen LogP contribution in [0.2, 0.25) is 0 Å². The first kappa shape index (κ1) is 14.9. The van der Waals surface area contributed by atoms with Gasteiger partial charge in [0.25, 0.3) is 0 Å². The lowest BCUT2D eigenvalue weighted by molar-refractivity contribution is -0.132. The highest BCUT2D eigenvalue weighted by atomic mass is 16.1. The Kier molecular flexibility index (Phi) is 3.38. The van der Waals surface area contributed by atoms with E-state index < -0.39 is 0 Å². The predicted octanol–water partition coefficient (Wildman–Crippen LogP) is 3.69. The zero-order chi connectivity index (χ0) is 16.2. The average molecular weight is 310 g/mol. The van der Waals surface area contributed by atoms with Crippen LogP contribution in [0.1, 0.15) is 39.2 Å². The number of rotatable bonds is 2. The van der Waals surface area contributed by atoms with Crippen LogP contribution in [-0.4, -0.2) is 22.3 Å². The van der Waals surface area contributed by atoms with E-state index in [-0.39, 0.29) is 11.5 Å². The first-order valence-corrected chi connectivity index (χ1v) is 8.81. The van der Waals surface area contributed by atoms with Gasteiger partial charge in [-0.25, -0.2) is 0 Å². The molecule has 2 fully saturated rings. The van der Waals surface area contributed by atoms with Gasteiger partial charge in [-0.2, -0.15) is 0 Å². The van der Waals surface area contributed by atoms with Crippen molar-refractivity contribution in [3.8, 4) is 0 Å². The second-order valence-corrected chi connectivity index (χ2v) is 8.09. The lowest BCUT2D eigenvalue weighted by Gasteiger charge is -2.52. The molecule has 1 aromatic carbocycles. The normalized spacial score (nSPS) is 33.1. The second kappa shape index (κ2) is 5.20. The monoisotopic (exact) mass is 310 g/mol. The molecule has 1 saturated carbocycles. The lowest BCUT2D eigenvalue weighted by atomic mass is 9.61. The molecule has 0 radical (unpaired) electrons. The molecule has 1 saturated heterocycles. The summed E-state index contributed by atoms with van der Waals surface area (Å²) in [5.74, 6) is 1.59. The molecular weight excluding hydrogens is 284 g/mol. The van der Waals surface area contributed by atoms with Crippen molar-refractivity contribution in [1.82, 2.24) is 10.3 Å². The predicted molar refractivity (Wildman–Crippen MR) is 93.4 cm³/mol. The topological polar surface area (TPSA) is 44.9 Å². The first-order chi connectivity index (χ1) is 11.0. The van der Waals surface area contributed by atoms with E-state index in [0.29, 0.717) is 23.7 Å². The first-order valence-electron chi connectivity index (χ1n) is 8.81. The molecule has 2 N–H and O–H groups in total. The Balaban J connectivity index is 1.66. The maximum atomic E-state index is 12.4. The fourth-order valence-electron chi connectivity index (χ4n) is 4.79. The van der Waals surface area contributed by atoms with Gasteiger partial charge in [0.2, 0.25) is 0 Å². The van der Waals surface area contributed by atoms with Crippen LogP contribution in [0.25, 0.3) is 10.9 Å². The van der Waals surface area contributed by atoms with Crippen LogP contribution in [0.3, 0.4) is 0 Å². The second-order valence-electron chi connectivity index (χ2n) is 8.09. The Bertz CT molecular complexity index is 745. The van der Waals surface area contributed by atoms with Crippen molar-refractivity contribution >= 4 is 16.7 Å². The Labute approximate surface area is 137 Å². The Morgan fingerprint density at radius 1 is 1.26 bits per heavy atom. The van der Waals surface area contributed by atoms with Gasteiger partial charge in [-0.1, -0.05) is 25.1 Å². The van der Waals surface area contributed by atoms with Gasteiger partial charge in [0.15, 0.2) is 0 Å². The van der Waals surface area contributed by atoms with E-state index in [1.165, 1.54) is 22.9 Å². The summed E-state index contributed by atoms with van der Waals surface area (Å²) in [6, 6.07) is 8.85. The zero-order valence-corrected chi connectivity index (χ0v) is 14.2. The van der Waals surface area contributed by atoms with Gasteiger partial charge in [-0.05, 0) is 50.2 Å². The molecule has 4 atom stereocenters. The highest BCUT2D eigenvalue weighted by Gasteiger charge is 2.48. The number of nitrogens with one attached hydrogen (secondary N) is 2. The number of aromatic amines is 1. The smallest absolute Gasteiger partial charge is 0.136 e. The number of H-pyrrole nitrogens is 1. The molecule has 1 aliphatic carbocycles. The molecule has 0 unspecified atom stereocenters. The van der Waals surface area contributed by atoms with Gasteiger partial charge in [-0.15, -0.1) is 0 Å². The minimum absolute atomic E-state index is 0.0447. The van der Waals surface area contributed by atoms with Crippen LogP contribution in [0.5, 0.6) is 0 Å². The summed E-state index contributed by atoms with van der Waals surface area (Å²) in [6.45, 7) is 6.66. The zero-order valence-electron chi connectivity index (χ0n) is 14.2. The van der Waals surface area contributed by atoms with Crippen LogP contribution in [0.15, 0.2) is 30.5 Å². The summed E-state index contributed by atoms with van der Waals surface area (Å²) < 4.78 is 0. The Morgan fingerprint density at radius 2 is 2.04 bits per heavy atom. The van der Waals surface area contributed by atoms with Crippen molar-refractivity contribution in [2.24, 2.45) is 17.8 Å². The SMILES string of the molecule is C[C@H]1C(=O)C[C@@H]2C[C@H]1[C@H](Cc1c[nH]c3ccccc13)NC2(C)C. The third kappa shape index (κ3) is 2.42. The van der Waals surface area contributed by atoms with Gasteiger partial charge in [-0.3, -0.25) is 4.79 Å². The van der Waals surface area contributed by atoms with Crippen molar-refractivity contribution < 1.29 is 4.79 Å². The van der Waals surface area contributed by atoms with E-state index in [1.807, 2.05) is 0 Å². The quantitative estimate of drug-likeness (QED) is 0.888. The van der Waals surface area contributed by atoms with Crippen molar-refractivity contribution in [2.75, 3.05) is 0 Å². The van der Waals surface area contributed by atoms with Gasteiger partial charge < -0.3 is 10.3 Å². The van der Waals surface area contributed by atoms with Crippen LogP contribution in [0, 0.1) is 17.8 Å². The molecule has 1 aromatic heterocycles. The molecule has 2 bridgehead atoms. The van der Waals surface area contributed by atoms with E-state index in [9.17, 15) is 4.79 Å². The minimum atomic E-state index is 0.0447. The summed E-state index contributed by atoms with van der Waals surface area (Å²) in [4.78, 5) is 15.8. The summed E-state index contributed by atoms with van der Waals surface area (Å²) in [5, 5.41) is 5.19. The number of carbonyl (C=O) groups excluding carboxylic acids is 1. The molecule has 122 valence electrons. The third-order valence-electron chi connectivity index (χ3n) is 6.36. The van der Waals surface area contributed by atoms with Gasteiger partial charge in [0.05, 0.1) is 0 Å². The molecule has 2 heterocycles. The summed E-state index contributed by atoms with van der Waals surface area (Å²) in [6.07, 6.45) is 5.06. The largest absolute Gasteiger partial charge is 0.361 e. The van der Waals surface area contributed by atoms with Crippen molar-refractivity contribution in [3.63, 3.8) is 0 Å². The standard InChI is InChI=1S/C20H26N2O/c1-12-16-9-14(10-19(12)23)20(2,3)22-18(16)8-13-11-21-17-7-5-4-6-15(13)17/h4-7,11-12,14,16,18,21-22H,8-10H2,1-3H3/t12-,14+,16-,18+/m1/s1. The fourth-order valence-corrected chi connectivity index (χ4v) is 4.79. The average Bonchev–Trinajstić information content (AvgIpc) is 2.91. The molecule has 4 rings (SSSR count). The number of aromatic nitrogens is 1. The number of Topliss-reactive ketones (excluding diaryl/α,β-unsaturated/α-hetero) is 1. The third-order valence-corrected chi connectivity index (χ3v) is 6.36. The highest BCUT2D eigenvalue weighted by molar-refractivity contribution is 5.84. The van der Waals surface area contributed by atoms with E-state index in [2.05, 4.69) is 61.5 Å². The number of piperidine rings is 1. The molecule has 2 aliphatic rings. The van der Waals surface area contributed by atoms with E-state index in [4.69, 9.17) is 0 Å². The van der Waals surface area contributed by atoms with E-state index in [1.54, 1.807) is 0 Å². The number of carbonyl (C=O) groups is 1. The minimum Gasteiger partial charge on any atom is -0.361 e. The summed E-state index contributed by atoms with van der Waals surface area (Å²) in [5.41, 5.74) is 2.60. The number of para-hydroxylation sites is 1. The number of ketones is 1.